The fraction of sp³-hybridized carbons (Fsp3) is 0.500. The molecule has 1 unspecified atom stereocenters. The van der Waals surface area contributed by atoms with Crippen LogP contribution in [0.2, 0.25) is 0 Å². The monoisotopic (exact) mass is 569 g/mol. The first-order valence-corrected chi connectivity index (χ1v) is 15.1. The number of aryl methyl sites for hydroxylation is 1. The van der Waals surface area contributed by atoms with Gasteiger partial charge in [-0.1, -0.05) is 6.92 Å². The number of fused-ring (bicyclic) bond motifs is 4. The van der Waals surface area contributed by atoms with Crippen LogP contribution in [0, 0.1) is 12.8 Å². The lowest BCUT2D eigenvalue weighted by Gasteiger charge is -2.23. The number of nitrogens with one attached hydrogen (secondary N) is 1. The van der Waals surface area contributed by atoms with Crippen molar-refractivity contribution in [3.8, 4) is 17.3 Å². The first-order valence-electron chi connectivity index (χ1n) is 15.1. The average Bonchev–Trinajstić information content (AvgIpc) is 3.31. The number of methoxy groups -OCH3 is 1. The van der Waals surface area contributed by atoms with Crippen LogP contribution in [-0.2, 0) is 11.3 Å². The third kappa shape index (κ3) is 4.35. The summed E-state index contributed by atoms with van der Waals surface area (Å²) in [5.74, 6) is 1.21. The van der Waals surface area contributed by atoms with Gasteiger partial charge in [-0.2, -0.15) is 0 Å². The molecule has 0 radical (unpaired) electrons. The Bertz CT molecular complexity index is 1720. The fourth-order valence-electron chi connectivity index (χ4n) is 7.13. The molecule has 2 saturated heterocycles. The highest BCUT2D eigenvalue weighted by Crippen LogP contribution is 2.40. The Morgan fingerprint density at radius 1 is 1.14 bits per heavy atom. The van der Waals surface area contributed by atoms with Crippen LogP contribution in [0.1, 0.15) is 73.1 Å². The molecule has 3 N–H and O–H groups in total. The normalized spacial score (nSPS) is 22.3. The number of aromatic nitrogens is 4. The van der Waals surface area contributed by atoms with Crippen LogP contribution in [0.15, 0.2) is 30.3 Å². The lowest BCUT2D eigenvalue weighted by Crippen LogP contribution is -2.40. The van der Waals surface area contributed by atoms with Crippen molar-refractivity contribution in [2.45, 2.75) is 83.0 Å². The van der Waals surface area contributed by atoms with Crippen molar-refractivity contribution in [1.82, 2.24) is 29.2 Å². The molecule has 1 saturated carbocycles. The molecule has 0 spiro atoms. The number of hydrogen-bond donors (Lipinski definition) is 2. The number of rotatable bonds is 8. The third-order valence-corrected chi connectivity index (χ3v) is 9.61. The van der Waals surface area contributed by atoms with Crippen LogP contribution < -0.4 is 15.8 Å². The van der Waals surface area contributed by atoms with E-state index in [4.69, 9.17) is 20.4 Å². The molecule has 0 aromatic carbocycles. The topological polar surface area (TPSA) is 120 Å². The molecule has 220 valence electrons. The number of ether oxygens (including phenoxy) is 1. The van der Waals surface area contributed by atoms with Gasteiger partial charge < -0.3 is 25.3 Å². The summed E-state index contributed by atoms with van der Waals surface area (Å²) in [6.45, 7) is 4.95. The van der Waals surface area contributed by atoms with E-state index in [1.807, 2.05) is 41.3 Å². The van der Waals surface area contributed by atoms with E-state index in [1.54, 1.807) is 14.2 Å². The SMILES string of the molecule is CNC(=O)CC(C)c1ccc2cc(-c3nc4cc(C(=O)N5[C@H]6CC[C@@H]5[C@H](N)C6)cc(OC)n4c3C)n(CC3CC3)c2n1. The minimum Gasteiger partial charge on any atom is -0.482 e. The molecule has 10 nitrogen and oxygen atoms in total. The molecule has 10 heteroatoms. The smallest absolute Gasteiger partial charge is 0.254 e. The molecule has 2 amide bonds. The summed E-state index contributed by atoms with van der Waals surface area (Å²) in [5.41, 5.74) is 12.2. The average molecular weight is 570 g/mol. The Balaban J connectivity index is 1.32. The standard InChI is InChI=1S/C32H39N7O3/c1-17(11-28(40)34-3)24-9-7-20-12-26(37(31(20)35-24)16-19-5-6-19)30-18(2)38-27(36-30)13-21(14-29(38)42-4)32(41)39-22-8-10-25(39)23(33)15-22/h7,9,12-14,17,19,22-23,25H,5-6,8,10-11,15-16,33H2,1-4H3,(H,34,40)/t17?,22-,23+,25+/m0/s1. The quantitative estimate of drug-likeness (QED) is 0.331. The Labute approximate surface area is 245 Å². The van der Waals surface area contributed by atoms with Gasteiger partial charge in [0.25, 0.3) is 5.91 Å². The van der Waals surface area contributed by atoms with E-state index in [-0.39, 0.29) is 35.9 Å². The molecule has 2 bridgehead atoms. The van der Waals surface area contributed by atoms with Crippen molar-refractivity contribution in [2.75, 3.05) is 14.2 Å². The first-order chi connectivity index (χ1) is 20.3. The molecule has 1 aliphatic carbocycles. The molecule has 3 fully saturated rings. The zero-order chi connectivity index (χ0) is 29.3. The number of hydrogen-bond acceptors (Lipinski definition) is 6. The maximum Gasteiger partial charge on any atom is 0.254 e. The van der Waals surface area contributed by atoms with Gasteiger partial charge in [-0.25, -0.2) is 9.97 Å². The minimum atomic E-state index is -0.000354. The summed E-state index contributed by atoms with van der Waals surface area (Å²) in [6.07, 6.45) is 5.66. The second-order valence-electron chi connectivity index (χ2n) is 12.4. The lowest BCUT2D eigenvalue weighted by atomic mass is 9.97. The molecule has 3 aliphatic rings. The van der Waals surface area contributed by atoms with Crippen LogP contribution >= 0.6 is 0 Å². The summed E-state index contributed by atoms with van der Waals surface area (Å²) < 4.78 is 10.1. The van der Waals surface area contributed by atoms with E-state index in [0.29, 0.717) is 29.4 Å². The first kappa shape index (κ1) is 26.9. The van der Waals surface area contributed by atoms with Gasteiger partial charge in [0.15, 0.2) is 5.88 Å². The van der Waals surface area contributed by atoms with E-state index in [9.17, 15) is 9.59 Å². The summed E-state index contributed by atoms with van der Waals surface area (Å²) in [6, 6.07) is 10.4. The summed E-state index contributed by atoms with van der Waals surface area (Å²) in [5, 5.41) is 3.76. The largest absolute Gasteiger partial charge is 0.482 e. The van der Waals surface area contributed by atoms with Gasteiger partial charge in [-0.3, -0.25) is 14.0 Å². The highest BCUT2D eigenvalue weighted by molar-refractivity contribution is 5.97. The molecule has 42 heavy (non-hydrogen) atoms. The van der Waals surface area contributed by atoms with Crippen LogP contribution in [0.5, 0.6) is 5.88 Å². The summed E-state index contributed by atoms with van der Waals surface area (Å²) in [7, 11) is 3.29. The fourth-order valence-corrected chi connectivity index (χ4v) is 7.13. The van der Waals surface area contributed by atoms with Gasteiger partial charge in [0.2, 0.25) is 5.91 Å². The summed E-state index contributed by atoms with van der Waals surface area (Å²) >= 11 is 0. The number of imidazole rings is 1. The molecule has 4 aromatic heterocycles. The van der Waals surface area contributed by atoms with E-state index in [2.05, 4.69) is 22.0 Å². The van der Waals surface area contributed by atoms with Crippen LogP contribution in [0.25, 0.3) is 28.1 Å². The number of carbonyl (C=O) groups excluding carboxylic acids is 2. The van der Waals surface area contributed by atoms with E-state index in [0.717, 1.165) is 59.6 Å². The van der Waals surface area contributed by atoms with Crippen molar-refractivity contribution >= 4 is 28.5 Å². The maximum atomic E-state index is 13.7. The highest BCUT2D eigenvalue weighted by atomic mass is 16.5. The molecule has 4 atom stereocenters. The van der Waals surface area contributed by atoms with E-state index < -0.39 is 0 Å². The summed E-state index contributed by atoms with van der Waals surface area (Å²) in [4.78, 5) is 38.0. The van der Waals surface area contributed by atoms with Gasteiger partial charge in [0.05, 0.1) is 18.5 Å². The van der Waals surface area contributed by atoms with Crippen molar-refractivity contribution in [3.63, 3.8) is 0 Å². The molecule has 2 aliphatic heterocycles. The van der Waals surface area contributed by atoms with Crippen molar-refractivity contribution < 1.29 is 14.3 Å². The Morgan fingerprint density at radius 2 is 1.95 bits per heavy atom. The zero-order valence-corrected chi connectivity index (χ0v) is 24.8. The molecular formula is C32H39N7O3. The van der Waals surface area contributed by atoms with Crippen LogP contribution in [0.3, 0.4) is 0 Å². The van der Waals surface area contributed by atoms with Gasteiger partial charge in [-0.15, -0.1) is 0 Å². The zero-order valence-electron chi connectivity index (χ0n) is 24.8. The van der Waals surface area contributed by atoms with E-state index in [1.165, 1.54) is 12.8 Å². The predicted molar refractivity (Wildman–Crippen MR) is 161 cm³/mol. The number of nitrogens with two attached hydrogens (primary N) is 1. The second-order valence-corrected chi connectivity index (χ2v) is 12.4. The second kappa shape index (κ2) is 10.1. The number of carbonyl (C=O) groups is 2. The third-order valence-electron chi connectivity index (χ3n) is 9.61. The van der Waals surface area contributed by atoms with Crippen LogP contribution in [-0.4, -0.2) is 67.9 Å². The molecule has 6 heterocycles. The van der Waals surface area contributed by atoms with Gasteiger partial charge in [0.1, 0.15) is 17.0 Å². The minimum absolute atomic E-state index is 0.000354. The van der Waals surface area contributed by atoms with Crippen molar-refractivity contribution in [2.24, 2.45) is 11.7 Å². The number of nitrogens with zero attached hydrogens (tertiary/aromatic N) is 5. The van der Waals surface area contributed by atoms with Crippen molar-refractivity contribution in [3.05, 3.63) is 47.3 Å². The Kier molecular flexibility index (Phi) is 6.49. The van der Waals surface area contributed by atoms with Crippen LogP contribution in [0.4, 0.5) is 0 Å². The van der Waals surface area contributed by atoms with E-state index >= 15 is 0 Å². The molecule has 4 aromatic rings. The molecule has 7 rings (SSSR count). The number of amides is 2. The predicted octanol–water partition coefficient (Wildman–Crippen LogP) is 4.02. The van der Waals surface area contributed by atoms with Crippen molar-refractivity contribution in [1.29, 1.82) is 0 Å². The van der Waals surface area contributed by atoms with Gasteiger partial charge in [0, 0.05) is 66.8 Å². The molecular weight excluding hydrogens is 530 g/mol. The Hall–Kier alpha value is -3.92. The lowest BCUT2D eigenvalue weighted by molar-refractivity contribution is -0.120. The highest BCUT2D eigenvalue weighted by Gasteiger charge is 2.47. The van der Waals surface area contributed by atoms with Gasteiger partial charge in [-0.05, 0) is 69.2 Å². The number of pyridine rings is 2. The van der Waals surface area contributed by atoms with Gasteiger partial charge >= 0.3 is 0 Å². The Morgan fingerprint density at radius 3 is 2.62 bits per heavy atom. The maximum absolute atomic E-state index is 13.7.